The van der Waals surface area contributed by atoms with Crippen molar-refractivity contribution in [3.63, 3.8) is 0 Å². The van der Waals surface area contributed by atoms with E-state index in [0.29, 0.717) is 11.7 Å². The van der Waals surface area contributed by atoms with Crippen molar-refractivity contribution in [2.75, 3.05) is 11.9 Å². The number of aryl methyl sites for hydroxylation is 1. The number of nitrogens with zero attached hydrogens (tertiary/aromatic N) is 3. The van der Waals surface area contributed by atoms with Crippen molar-refractivity contribution in [2.45, 2.75) is 32.4 Å². The quantitative estimate of drug-likeness (QED) is 0.201. The van der Waals surface area contributed by atoms with Crippen LogP contribution in [-0.2, 0) is 4.79 Å². The topological polar surface area (TPSA) is 82.4 Å². The fraction of sp³-hybridized carbons (Fsp3) is 0.182. The molecule has 1 amide bonds. The van der Waals surface area contributed by atoms with Crippen molar-refractivity contribution in [3.05, 3.63) is 120 Å². The van der Waals surface area contributed by atoms with Crippen molar-refractivity contribution in [1.29, 1.82) is 0 Å². The molecule has 3 N–H and O–H groups in total. The number of carbonyl (C=O) groups is 1. The zero-order chi connectivity index (χ0) is 28.5. The summed E-state index contributed by atoms with van der Waals surface area (Å²) in [5.41, 5.74) is 5.43. The van der Waals surface area contributed by atoms with E-state index in [0.717, 1.165) is 44.8 Å². The molecule has 3 heterocycles. The van der Waals surface area contributed by atoms with E-state index in [1.807, 2.05) is 85.8 Å². The van der Waals surface area contributed by atoms with Crippen LogP contribution in [0.2, 0.25) is 0 Å². The van der Waals surface area contributed by atoms with Gasteiger partial charge < -0.3 is 25.2 Å². The highest BCUT2D eigenvalue weighted by molar-refractivity contribution is 7.80. The molecule has 1 aliphatic heterocycles. The van der Waals surface area contributed by atoms with E-state index in [-0.39, 0.29) is 30.2 Å². The zero-order valence-electron chi connectivity index (χ0n) is 22.9. The van der Waals surface area contributed by atoms with Crippen LogP contribution in [0, 0.1) is 13.8 Å². The minimum atomic E-state index is -0.205. The maximum absolute atomic E-state index is 13.2. The summed E-state index contributed by atoms with van der Waals surface area (Å²) in [5.74, 6) is 0.132. The molecule has 1 saturated heterocycles. The summed E-state index contributed by atoms with van der Waals surface area (Å²) in [5, 5.41) is 19.9. The average Bonchev–Trinajstić information content (AvgIpc) is 3.47. The number of amides is 1. The van der Waals surface area contributed by atoms with E-state index >= 15 is 0 Å². The van der Waals surface area contributed by atoms with Gasteiger partial charge in [0, 0.05) is 41.6 Å². The third-order valence-electron chi connectivity index (χ3n) is 7.75. The van der Waals surface area contributed by atoms with Gasteiger partial charge in [0.05, 0.1) is 23.5 Å². The Kier molecular flexibility index (Phi) is 7.15. The van der Waals surface area contributed by atoms with E-state index < -0.39 is 0 Å². The van der Waals surface area contributed by atoms with Crippen molar-refractivity contribution < 1.29 is 9.90 Å². The van der Waals surface area contributed by atoms with Crippen LogP contribution in [0.5, 0.6) is 5.75 Å². The number of fused-ring (bicyclic) bond motifs is 1. The molecule has 1 fully saturated rings. The molecule has 0 spiro atoms. The standard InChI is InChI=1S/C33H31N5O2S/c1-21-20-25(22(2)38(21)28-15-5-6-16-29(28)39)32-31(27-13-7-8-18-34-27)36-33(41)37(32)19-17-30(40)35-26-14-9-11-23-10-3-4-12-24(23)26/h3-16,18,20,31-32,39H,17,19H2,1-2H3,(H,35,40)(H,36,41)/t31-,32-/m1/s1. The van der Waals surface area contributed by atoms with Gasteiger partial charge in [-0.25, -0.2) is 0 Å². The maximum Gasteiger partial charge on any atom is 0.226 e. The Labute approximate surface area is 244 Å². The van der Waals surface area contributed by atoms with Gasteiger partial charge in [0.1, 0.15) is 5.75 Å². The normalized spacial score (nSPS) is 16.6. The number of pyridine rings is 1. The molecule has 41 heavy (non-hydrogen) atoms. The Morgan fingerprint density at radius 1 is 1.00 bits per heavy atom. The summed E-state index contributed by atoms with van der Waals surface area (Å²) in [7, 11) is 0. The highest BCUT2D eigenvalue weighted by atomic mass is 32.1. The van der Waals surface area contributed by atoms with Crippen LogP contribution in [0.4, 0.5) is 5.69 Å². The summed E-state index contributed by atoms with van der Waals surface area (Å²) >= 11 is 5.85. The summed E-state index contributed by atoms with van der Waals surface area (Å²) in [6, 6.07) is 28.8. The molecule has 2 atom stereocenters. The maximum atomic E-state index is 13.2. The summed E-state index contributed by atoms with van der Waals surface area (Å²) in [6.07, 6.45) is 2.04. The molecule has 0 bridgehead atoms. The zero-order valence-corrected chi connectivity index (χ0v) is 23.7. The van der Waals surface area contributed by atoms with Crippen molar-refractivity contribution in [3.8, 4) is 11.4 Å². The number of anilines is 1. The smallest absolute Gasteiger partial charge is 0.226 e. The molecule has 0 unspecified atom stereocenters. The number of aromatic nitrogens is 2. The molecule has 7 nitrogen and oxygen atoms in total. The average molecular weight is 562 g/mol. The molecule has 0 saturated carbocycles. The Morgan fingerprint density at radius 3 is 2.56 bits per heavy atom. The number of hydrogen-bond acceptors (Lipinski definition) is 4. The van der Waals surface area contributed by atoms with Crippen LogP contribution in [0.15, 0.2) is 97.2 Å². The molecule has 1 aliphatic rings. The lowest BCUT2D eigenvalue weighted by atomic mass is 9.96. The summed E-state index contributed by atoms with van der Waals surface area (Å²) in [4.78, 5) is 19.9. The largest absolute Gasteiger partial charge is 0.506 e. The fourth-order valence-electron chi connectivity index (χ4n) is 5.86. The van der Waals surface area contributed by atoms with Crippen LogP contribution < -0.4 is 10.6 Å². The first-order chi connectivity index (χ1) is 19.9. The van der Waals surface area contributed by atoms with Crippen LogP contribution in [0.3, 0.4) is 0 Å². The molecule has 2 aromatic heterocycles. The van der Waals surface area contributed by atoms with Gasteiger partial charge >= 0.3 is 0 Å². The lowest BCUT2D eigenvalue weighted by molar-refractivity contribution is -0.116. The van der Waals surface area contributed by atoms with E-state index in [2.05, 4.69) is 38.1 Å². The van der Waals surface area contributed by atoms with E-state index in [1.54, 1.807) is 12.3 Å². The van der Waals surface area contributed by atoms with Crippen LogP contribution in [0.25, 0.3) is 16.5 Å². The van der Waals surface area contributed by atoms with E-state index in [9.17, 15) is 9.90 Å². The first-order valence-corrected chi connectivity index (χ1v) is 14.1. The number of benzene rings is 3. The highest BCUT2D eigenvalue weighted by Gasteiger charge is 2.41. The van der Waals surface area contributed by atoms with Crippen LogP contribution in [-0.4, -0.2) is 37.1 Å². The first kappa shape index (κ1) is 26.5. The third kappa shape index (κ3) is 5.02. The molecule has 5 aromatic rings. The number of nitrogens with one attached hydrogen (secondary N) is 2. The van der Waals surface area contributed by atoms with Gasteiger partial charge in [-0.05, 0) is 73.4 Å². The van der Waals surface area contributed by atoms with Gasteiger partial charge in [-0.3, -0.25) is 9.78 Å². The fourth-order valence-corrected chi connectivity index (χ4v) is 6.20. The molecular formula is C33H31N5O2S. The molecule has 8 heteroatoms. The number of phenolic OH excluding ortho intramolecular Hbond substituents is 1. The third-order valence-corrected chi connectivity index (χ3v) is 8.11. The Bertz CT molecular complexity index is 1740. The molecule has 3 aromatic carbocycles. The van der Waals surface area contributed by atoms with Gasteiger partial charge in [0.2, 0.25) is 5.91 Å². The minimum Gasteiger partial charge on any atom is -0.506 e. The van der Waals surface area contributed by atoms with E-state index in [1.165, 1.54) is 0 Å². The number of para-hydroxylation sites is 2. The van der Waals surface area contributed by atoms with E-state index in [4.69, 9.17) is 12.2 Å². The molecule has 6 rings (SSSR count). The first-order valence-electron chi connectivity index (χ1n) is 13.7. The molecular weight excluding hydrogens is 530 g/mol. The molecule has 0 radical (unpaired) electrons. The number of hydrogen-bond donors (Lipinski definition) is 3. The van der Waals surface area contributed by atoms with Crippen LogP contribution >= 0.6 is 12.2 Å². The predicted molar refractivity (Wildman–Crippen MR) is 166 cm³/mol. The summed E-state index contributed by atoms with van der Waals surface area (Å²) < 4.78 is 2.06. The number of phenols is 1. The van der Waals surface area contributed by atoms with Gasteiger partial charge in [0.15, 0.2) is 5.11 Å². The Morgan fingerprint density at radius 2 is 1.76 bits per heavy atom. The second kappa shape index (κ2) is 11.1. The number of rotatable bonds is 7. The number of aromatic hydroxyl groups is 1. The monoisotopic (exact) mass is 561 g/mol. The second-order valence-corrected chi connectivity index (χ2v) is 10.7. The number of thiocarbonyl (C=S) groups is 1. The van der Waals surface area contributed by atoms with Crippen LogP contribution in [0.1, 0.15) is 41.1 Å². The lowest BCUT2D eigenvalue weighted by Crippen LogP contribution is -2.33. The summed E-state index contributed by atoms with van der Waals surface area (Å²) in [6.45, 7) is 4.51. The van der Waals surface area contributed by atoms with Gasteiger partial charge in [-0.2, -0.15) is 0 Å². The van der Waals surface area contributed by atoms with Gasteiger partial charge in [-0.1, -0.05) is 54.6 Å². The Balaban J connectivity index is 1.32. The Hall–Kier alpha value is -4.69. The highest BCUT2D eigenvalue weighted by Crippen LogP contribution is 2.42. The minimum absolute atomic E-state index is 0.0798. The van der Waals surface area contributed by atoms with Gasteiger partial charge in [-0.15, -0.1) is 0 Å². The van der Waals surface area contributed by atoms with Crippen molar-refractivity contribution >= 4 is 39.7 Å². The SMILES string of the molecule is Cc1cc([C@@H]2[C@@H](c3ccccn3)NC(=S)N2CCC(=O)Nc2cccc3ccccc23)c(C)n1-c1ccccc1O. The van der Waals surface area contributed by atoms with Crippen molar-refractivity contribution in [2.24, 2.45) is 0 Å². The molecule has 0 aliphatic carbocycles. The number of carbonyl (C=O) groups excluding carboxylic acids is 1. The second-order valence-electron chi connectivity index (χ2n) is 10.3. The molecule has 206 valence electrons. The van der Waals surface area contributed by atoms with Gasteiger partial charge in [0.25, 0.3) is 0 Å². The predicted octanol–water partition coefficient (Wildman–Crippen LogP) is 6.35. The lowest BCUT2D eigenvalue weighted by Gasteiger charge is -2.28. The van der Waals surface area contributed by atoms with Crippen molar-refractivity contribution in [1.82, 2.24) is 19.8 Å².